The van der Waals surface area contributed by atoms with Crippen LogP contribution in [0.25, 0.3) is 0 Å². The van der Waals surface area contributed by atoms with E-state index >= 15 is 0 Å². The summed E-state index contributed by atoms with van der Waals surface area (Å²) < 4.78 is 0. The Balaban J connectivity index is 2.20. The Morgan fingerprint density at radius 2 is 2.33 bits per heavy atom. The van der Waals surface area contributed by atoms with Crippen molar-refractivity contribution < 1.29 is 4.79 Å². The third-order valence-electron chi connectivity index (χ3n) is 2.90. The van der Waals surface area contributed by atoms with E-state index in [1.165, 1.54) is 12.8 Å². The summed E-state index contributed by atoms with van der Waals surface area (Å²) in [7, 11) is 0. The third-order valence-corrected chi connectivity index (χ3v) is 2.90. The first-order valence-corrected chi connectivity index (χ1v) is 4.74. The fraction of sp³-hybridized carbons (Fsp3) is 0.700. The topological polar surface area (TPSA) is 29.1 Å². The summed E-state index contributed by atoms with van der Waals surface area (Å²) in [6.45, 7) is 1.67. The molecule has 2 heteroatoms. The van der Waals surface area contributed by atoms with Crippen LogP contribution in [0.5, 0.6) is 0 Å². The maximum absolute atomic E-state index is 11.2. The van der Waals surface area contributed by atoms with Crippen molar-refractivity contribution in [2.24, 2.45) is 0 Å². The predicted molar refractivity (Wildman–Crippen MR) is 47.9 cm³/mol. The van der Waals surface area contributed by atoms with Gasteiger partial charge in [0.2, 0.25) is 0 Å². The average molecular weight is 165 g/mol. The van der Waals surface area contributed by atoms with E-state index in [1.807, 2.05) is 0 Å². The molecule has 0 spiro atoms. The van der Waals surface area contributed by atoms with Gasteiger partial charge in [0.05, 0.1) is 0 Å². The number of fused-ring (bicyclic) bond motifs is 2. The lowest BCUT2D eigenvalue weighted by Crippen LogP contribution is -2.30. The fourth-order valence-corrected chi connectivity index (χ4v) is 2.26. The molecule has 0 saturated carbocycles. The lowest BCUT2D eigenvalue weighted by Gasteiger charge is -2.11. The number of carbonyl (C=O) groups is 1. The van der Waals surface area contributed by atoms with Gasteiger partial charge in [-0.2, -0.15) is 0 Å². The monoisotopic (exact) mass is 165 g/mol. The van der Waals surface area contributed by atoms with E-state index in [0.717, 1.165) is 18.4 Å². The number of hydrogen-bond acceptors (Lipinski definition) is 2. The number of Topliss-reactive ketones (excluding diaryl/α,β-unsaturated/α-hetero) is 1. The van der Waals surface area contributed by atoms with Gasteiger partial charge in [0.1, 0.15) is 0 Å². The van der Waals surface area contributed by atoms with Gasteiger partial charge in [-0.15, -0.1) is 0 Å². The predicted octanol–water partition coefficient (Wildman–Crippen LogP) is 1.42. The van der Waals surface area contributed by atoms with E-state index in [2.05, 4.69) is 11.4 Å². The van der Waals surface area contributed by atoms with Crippen molar-refractivity contribution in [2.75, 3.05) is 0 Å². The van der Waals surface area contributed by atoms with Gasteiger partial charge in [-0.25, -0.2) is 0 Å². The van der Waals surface area contributed by atoms with E-state index in [1.54, 1.807) is 6.92 Å². The summed E-state index contributed by atoms with van der Waals surface area (Å²) in [5, 5.41) is 3.50. The Labute approximate surface area is 73.0 Å². The number of rotatable bonds is 1. The molecule has 1 unspecified atom stereocenters. The highest BCUT2D eigenvalue weighted by Crippen LogP contribution is 2.26. The summed E-state index contributed by atoms with van der Waals surface area (Å²) in [5.74, 6) is 0.245. The molecule has 0 aromatic heterocycles. The largest absolute Gasteiger partial charge is 0.307 e. The zero-order chi connectivity index (χ0) is 8.55. The van der Waals surface area contributed by atoms with Gasteiger partial charge in [-0.05, 0) is 32.6 Å². The van der Waals surface area contributed by atoms with Crippen molar-refractivity contribution in [1.29, 1.82) is 0 Å². The lowest BCUT2D eigenvalue weighted by molar-refractivity contribution is -0.113. The van der Waals surface area contributed by atoms with Crippen LogP contribution in [0.1, 0.15) is 32.6 Å². The van der Waals surface area contributed by atoms with Crippen molar-refractivity contribution in [3.8, 4) is 0 Å². The molecule has 0 aromatic carbocycles. The van der Waals surface area contributed by atoms with E-state index in [0.29, 0.717) is 12.1 Å². The highest BCUT2D eigenvalue weighted by atomic mass is 16.1. The molecule has 0 amide bonds. The molecule has 2 nitrogen and oxygen atoms in total. The summed E-state index contributed by atoms with van der Waals surface area (Å²) in [5.41, 5.74) is 1.02. The van der Waals surface area contributed by atoms with Crippen molar-refractivity contribution >= 4 is 5.78 Å². The molecule has 1 saturated heterocycles. The van der Waals surface area contributed by atoms with Gasteiger partial charge in [0.15, 0.2) is 5.78 Å². The second-order valence-corrected chi connectivity index (χ2v) is 3.79. The first kappa shape index (κ1) is 7.99. The number of nitrogens with one attached hydrogen (secondary N) is 1. The van der Waals surface area contributed by atoms with Crippen LogP contribution in [-0.2, 0) is 4.79 Å². The Morgan fingerprint density at radius 3 is 3.08 bits per heavy atom. The molecular formula is C10H15NO. The van der Waals surface area contributed by atoms with Gasteiger partial charge >= 0.3 is 0 Å². The minimum Gasteiger partial charge on any atom is -0.307 e. The van der Waals surface area contributed by atoms with E-state index < -0.39 is 0 Å². The van der Waals surface area contributed by atoms with Crippen LogP contribution in [0, 0.1) is 0 Å². The van der Waals surface area contributed by atoms with Crippen LogP contribution in [-0.4, -0.2) is 17.9 Å². The van der Waals surface area contributed by atoms with Crippen LogP contribution in [0.15, 0.2) is 11.6 Å². The molecule has 0 radical (unpaired) electrons. The zero-order valence-electron chi connectivity index (χ0n) is 7.47. The highest BCUT2D eigenvalue weighted by Gasteiger charge is 2.29. The van der Waals surface area contributed by atoms with Gasteiger partial charge in [0.25, 0.3) is 0 Å². The van der Waals surface area contributed by atoms with Crippen molar-refractivity contribution in [3.63, 3.8) is 0 Å². The molecule has 1 N–H and O–H groups in total. The Bertz CT molecular complexity index is 232. The third kappa shape index (κ3) is 1.31. The molecule has 0 aromatic rings. The number of carbonyl (C=O) groups excluding carboxylic acids is 1. The summed E-state index contributed by atoms with van der Waals surface area (Å²) in [6.07, 6.45) is 6.79. The van der Waals surface area contributed by atoms with Crippen LogP contribution >= 0.6 is 0 Å². The highest BCUT2D eigenvalue weighted by molar-refractivity contribution is 5.94. The quantitative estimate of drug-likeness (QED) is 0.636. The van der Waals surface area contributed by atoms with Gasteiger partial charge < -0.3 is 5.32 Å². The maximum atomic E-state index is 11.2. The van der Waals surface area contributed by atoms with Crippen molar-refractivity contribution in [2.45, 2.75) is 44.7 Å². The number of hydrogen-bond donors (Lipinski definition) is 1. The molecule has 0 aliphatic carbocycles. The SMILES string of the molecule is CC(=O)C1=CCCC2CC[C@@H]1N2. The van der Waals surface area contributed by atoms with Gasteiger partial charge in [-0.1, -0.05) is 6.08 Å². The second kappa shape index (κ2) is 3.02. The first-order chi connectivity index (χ1) is 5.77. The minimum absolute atomic E-state index is 0.245. The van der Waals surface area contributed by atoms with Gasteiger partial charge in [-0.3, -0.25) is 4.79 Å². The molecule has 2 heterocycles. The molecule has 2 aliphatic rings. The number of allylic oxidation sites excluding steroid dienone is 1. The molecule has 2 atom stereocenters. The summed E-state index contributed by atoms with van der Waals surface area (Å²) >= 11 is 0. The normalized spacial score (nSPS) is 34.2. The molecule has 12 heavy (non-hydrogen) atoms. The zero-order valence-corrected chi connectivity index (χ0v) is 7.47. The first-order valence-electron chi connectivity index (χ1n) is 4.74. The van der Waals surface area contributed by atoms with E-state index in [-0.39, 0.29) is 5.78 Å². The van der Waals surface area contributed by atoms with Crippen LogP contribution in [0.3, 0.4) is 0 Å². The summed E-state index contributed by atoms with van der Waals surface area (Å²) in [4.78, 5) is 11.2. The van der Waals surface area contributed by atoms with Crippen molar-refractivity contribution in [1.82, 2.24) is 5.32 Å². The van der Waals surface area contributed by atoms with E-state index in [4.69, 9.17) is 0 Å². The lowest BCUT2D eigenvalue weighted by atomic mass is 9.98. The molecule has 66 valence electrons. The standard InChI is InChI=1S/C10H15NO/c1-7(12)9-4-2-3-8-5-6-10(9)11-8/h4,8,10-11H,2-3,5-6H2,1H3/t8?,10-/m0/s1. The van der Waals surface area contributed by atoms with Gasteiger partial charge in [0, 0.05) is 17.7 Å². The summed E-state index contributed by atoms with van der Waals surface area (Å²) in [6, 6.07) is 1.04. The second-order valence-electron chi connectivity index (χ2n) is 3.79. The molecule has 2 rings (SSSR count). The minimum atomic E-state index is 0.245. The molecule has 2 bridgehead atoms. The Hall–Kier alpha value is -0.630. The molecular weight excluding hydrogens is 150 g/mol. The van der Waals surface area contributed by atoms with Crippen molar-refractivity contribution in [3.05, 3.63) is 11.6 Å². The molecule has 1 fully saturated rings. The van der Waals surface area contributed by atoms with Crippen LogP contribution in [0.4, 0.5) is 0 Å². The fourth-order valence-electron chi connectivity index (χ4n) is 2.26. The maximum Gasteiger partial charge on any atom is 0.157 e. The Kier molecular flexibility index (Phi) is 2.01. The Morgan fingerprint density at radius 1 is 1.50 bits per heavy atom. The average Bonchev–Trinajstić information content (AvgIpc) is 2.30. The number of ketones is 1. The van der Waals surface area contributed by atoms with Crippen LogP contribution < -0.4 is 5.32 Å². The van der Waals surface area contributed by atoms with Crippen LogP contribution in [0.2, 0.25) is 0 Å². The van der Waals surface area contributed by atoms with E-state index in [9.17, 15) is 4.79 Å². The molecule has 2 aliphatic heterocycles. The smallest absolute Gasteiger partial charge is 0.157 e.